The Labute approximate surface area is 206 Å². The maximum atomic E-state index is 10.9. The number of carboxylic acid groups (broad SMARTS) is 2. The fraction of sp³-hybridized carbons (Fsp3) is 0.462. The van der Waals surface area contributed by atoms with E-state index >= 15 is 0 Å². The quantitative estimate of drug-likeness (QED) is 0.328. The molecule has 0 saturated heterocycles. The van der Waals surface area contributed by atoms with Gasteiger partial charge in [-0.05, 0) is 46.9 Å². The third kappa shape index (κ3) is 7.23. The predicted molar refractivity (Wildman–Crippen MR) is 126 cm³/mol. The minimum absolute atomic E-state index is 0. The van der Waals surface area contributed by atoms with Crippen molar-refractivity contribution in [2.24, 2.45) is 0 Å². The van der Waals surface area contributed by atoms with Crippen molar-refractivity contribution in [3.63, 3.8) is 0 Å². The molecule has 0 radical (unpaired) electrons. The van der Waals surface area contributed by atoms with Gasteiger partial charge in [-0.2, -0.15) is 0 Å². The molecule has 0 atom stereocenters. The molecule has 0 heterocycles. The van der Waals surface area contributed by atoms with Gasteiger partial charge in [0, 0.05) is 27.6 Å². The molecule has 0 aromatic heterocycles. The Balaban J connectivity index is 0.000000602. The number of aromatic hydroxyl groups is 2. The molecule has 0 fully saturated rings. The van der Waals surface area contributed by atoms with Crippen molar-refractivity contribution >= 4 is 11.9 Å². The maximum Gasteiger partial charge on any atom is 0.339 e. The van der Waals surface area contributed by atoms with E-state index in [2.05, 4.69) is 0 Å². The predicted octanol–water partition coefficient (Wildman–Crippen LogP) is 6.67. The molecular formula is C26H36NiO6. The average molecular weight is 503 g/mol. The second-order valence-electron chi connectivity index (χ2n) is 9.16. The summed E-state index contributed by atoms with van der Waals surface area (Å²) >= 11 is 0. The SMILES string of the molecule is CC(C)c1ccc(C(=O)O)c(O)c1C(C)C.CC(C)c1ccc(C(=O)O)c(O)c1C(C)C.[Ni]. The number of carboxylic acids is 2. The molecule has 0 unspecified atom stereocenters. The largest absolute Gasteiger partial charge is 0.507 e. The molecule has 2 aromatic rings. The Morgan fingerprint density at radius 1 is 0.576 bits per heavy atom. The van der Waals surface area contributed by atoms with Crippen LogP contribution in [0.25, 0.3) is 0 Å². The van der Waals surface area contributed by atoms with Gasteiger partial charge in [-0.25, -0.2) is 9.59 Å². The Morgan fingerprint density at radius 3 is 1.03 bits per heavy atom. The van der Waals surface area contributed by atoms with Gasteiger partial charge in [0.1, 0.15) is 22.6 Å². The first-order valence-corrected chi connectivity index (χ1v) is 10.9. The maximum absolute atomic E-state index is 10.9. The number of phenols is 2. The molecule has 4 N–H and O–H groups in total. The van der Waals surface area contributed by atoms with Gasteiger partial charge in [-0.1, -0.05) is 67.5 Å². The summed E-state index contributed by atoms with van der Waals surface area (Å²) in [6, 6.07) is 6.53. The number of aromatic carboxylic acids is 2. The van der Waals surface area contributed by atoms with Crippen LogP contribution >= 0.6 is 0 Å². The molecule has 0 amide bonds. The Kier molecular flexibility index (Phi) is 11.7. The minimum atomic E-state index is -1.09. The van der Waals surface area contributed by atoms with Crippen LogP contribution in [0.15, 0.2) is 24.3 Å². The molecule has 0 aliphatic heterocycles. The monoisotopic (exact) mass is 502 g/mol. The standard InChI is InChI=1S/2C13H18O3.Ni/c2*1-7(2)9-5-6-10(13(15)16)12(14)11(9)8(3)4;/h2*5-8,14H,1-4H3,(H,15,16);. The van der Waals surface area contributed by atoms with Crippen LogP contribution in [0.3, 0.4) is 0 Å². The molecule has 0 aliphatic rings. The number of hydrogen-bond acceptors (Lipinski definition) is 4. The van der Waals surface area contributed by atoms with E-state index in [0.29, 0.717) is 0 Å². The van der Waals surface area contributed by atoms with E-state index in [9.17, 15) is 19.8 Å². The van der Waals surface area contributed by atoms with Crippen molar-refractivity contribution < 1.29 is 46.5 Å². The first-order valence-electron chi connectivity index (χ1n) is 10.9. The number of carbonyl (C=O) groups is 2. The van der Waals surface area contributed by atoms with Crippen molar-refractivity contribution in [2.45, 2.75) is 79.1 Å². The molecule has 7 heteroatoms. The second-order valence-corrected chi connectivity index (χ2v) is 9.16. The van der Waals surface area contributed by atoms with Gasteiger partial charge in [0.25, 0.3) is 0 Å². The van der Waals surface area contributed by atoms with E-state index in [-0.39, 0.29) is 62.8 Å². The van der Waals surface area contributed by atoms with Crippen molar-refractivity contribution in [3.05, 3.63) is 57.6 Å². The van der Waals surface area contributed by atoms with Crippen molar-refractivity contribution in [2.75, 3.05) is 0 Å². The van der Waals surface area contributed by atoms with Crippen LogP contribution in [0.5, 0.6) is 11.5 Å². The van der Waals surface area contributed by atoms with Crippen LogP contribution < -0.4 is 0 Å². The van der Waals surface area contributed by atoms with Crippen LogP contribution in [0.1, 0.15) is 122 Å². The summed E-state index contributed by atoms with van der Waals surface area (Å²) in [4.78, 5) is 21.8. The van der Waals surface area contributed by atoms with Crippen LogP contribution in [0.4, 0.5) is 0 Å². The molecule has 6 nitrogen and oxygen atoms in total. The first-order chi connectivity index (χ1) is 14.7. The molecule has 2 aromatic carbocycles. The van der Waals surface area contributed by atoms with Crippen molar-refractivity contribution in [1.29, 1.82) is 0 Å². The Hall–Kier alpha value is -2.53. The van der Waals surface area contributed by atoms with Gasteiger partial charge in [0.2, 0.25) is 0 Å². The molecule has 33 heavy (non-hydrogen) atoms. The van der Waals surface area contributed by atoms with Gasteiger partial charge in [0.05, 0.1) is 0 Å². The Morgan fingerprint density at radius 2 is 0.848 bits per heavy atom. The zero-order chi connectivity index (χ0) is 24.9. The molecule has 0 spiro atoms. The van der Waals surface area contributed by atoms with E-state index < -0.39 is 11.9 Å². The van der Waals surface area contributed by atoms with E-state index in [1.165, 1.54) is 12.1 Å². The average Bonchev–Trinajstić information content (AvgIpc) is 2.66. The van der Waals surface area contributed by atoms with E-state index in [0.717, 1.165) is 22.3 Å². The van der Waals surface area contributed by atoms with Crippen LogP contribution in [0, 0.1) is 0 Å². The smallest absolute Gasteiger partial charge is 0.339 e. The molecule has 0 aliphatic carbocycles. The summed E-state index contributed by atoms with van der Waals surface area (Å²) in [5, 5.41) is 37.8. The topological polar surface area (TPSA) is 115 Å². The second kappa shape index (κ2) is 12.6. The van der Waals surface area contributed by atoms with Crippen LogP contribution in [-0.4, -0.2) is 32.4 Å². The summed E-state index contributed by atoms with van der Waals surface area (Å²) in [6.07, 6.45) is 0. The van der Waals surface area contributed by atoms with Gasteiger partial charge in [-0.15, -0.1) is 0 Å². The van der Waals surface area contributed by atoms with Crippen LogP contribution in [-0.2, 0) is 16.5 Å². The number of hydrogen-bond donors (Lipinski definition) is 4. The third-order valence-corrected chi connectivity index (χ3v) is 5.36. The van der Waals surface area contributed by atoms with E-state index in [4.69, 9.17) is 10.2 Å². The number of rotatable bonds is 6. The molecule has 2 rings (SSSR count). The normalized spacial score (nSPS) is 10.8. The molecule has 0 saturated carbocycles. The van der Waals surface area contributed by atoms with Gasteiger partial charge in [0.15, 0.2) is 0 Å². The van der Waals surface area contributed by atoms with E-state index in [1.807, 2.05) is 55.4 Å². The van der Waals surface area contributed by atoms with Crippen molar-refractivity contribution in [3.8, 4) is 11.5 Å². The summed E-state index contributed by atoms with van der Waals surface area (Å²) in [6.45, 7) is 15.9. The zero-order valence-corrected chi connectivity index (χ0v) is 21.5. The molecular weight excluding hydrogens is 467 g/mol. The van der Waals surface area contributed by atoms with Gasteiger partial charge < -0.3 is 20.4 Å². The fourth-order valence-corrected chi connectivity index (χ4v) is 3.81. The summed E-state index contributed by atoms with van der Waals surface area (Å²) in [5.74, 6) is -1.60. The third-order valence-electron chi connectivity index (χ3n) is 5.36. The minimum Gasteiger partial charge on any atom is -0.507 e. The summed E-state index contributed by atoms with van der Waals surface area (Å²) in [5.41, 5.74) is 3.47. The fourth-order valence-electron chi connectivity index (χ4n) is 3.81. The molecule has 186 valence electrons. The van der Waals surface area contributed by atoms with Crippen molar-refractivity contribution in [1.82, 2.24) is 0 Å². The number of benzene rings is 2. The van der Waals surface area contributed by atoms with Crippen LogP contribution in [0.2, 0.25) is 0 Å². The zero-order valence-electron chi connectivity index (χ0n) is 20.5. The Bertz CT molecular complexity index is 898. The van der Waals surface area contributed by atoms with E-state index in [1.54, 1.807) is 12.1 Å². The summed E-state index contributed by atoms with van der Waals surface area (Å²) < 4.78 is 0. The summed E-state index contributed by atoms with van der Waals surface area (Å²) in [7, 11) is 0. The van der Waals surface area contributed by atoms with Gasteiger partial charge in [-0.3, -0.25) is 0 Å². The van der Waals surface area contributed by atoms with Gasteiger partial charge >= 0.3 is 11.9 Å². The molecule has 0 bridgehead atoms. The first kappa shape index (κ1) is 30.5.